The maximum absolute atomic E-state index is 12.2. The molecule has 1 aromatic heterocycles. The SMILES string of the molecule is CC1CCC(NC(=O)Cn2cc(Br)ccc2=O)(C(=O)O)CC1. The van der Waals surface area contributed by atoms with Crippen LogP contribution in [0.4, 0.5) is 0 Å². The van der Waals surface area contributed by atoms with E-state index < -0.39 is 17.4 Å². The van der Waals surface area contributed by atoms with Gasteiger partial charge in [-0.3, -0.25) is 9.59 Å². The summed E-state index contributed by atoms with van der Waals surface area (Å²) in [5.41, 5.74) is -1.51. The molecule has 0 spiro atoms. The Morgan fingerprint density at radius 3 is 2.64 bits per heavy atom. The molecule has 1 amide bonds. The summed E-state index contributed by atoms with van der Waals surface area (Å²) in [7, 11) is 0. The molecule has 1 heterocycles. The minimum absolute atomic E-state index is 0.192. The standard InChI is InChI=1S/C15H19BrN2O4/c1-10-4-6-15(7-5-10,14(21)22)17-12(19)9-18-8-11(16)2-3-13(18)20/h2-3,8,10H,4-7,9H2,1H3,(H,17,19)(H,21,22). The lowest BCUT2D eigenvalue weighted by molar-refractivity contribution is -0.149. The highest BCUT2D eigenvalue weighted by Crippen LogP contribution is 2.32. The quantitative estimate of drug-likeness (QED) is 0.844. The van der Waals surface area contributed by atoms with Crippen LogP contribution in [0.15, 0.2) is 27.6 Å². The highest BCUT2D eigenvalue weighted by molar-refractivity contribution is 9.10. The largest absolute Gasteiger partial charge is 0.480 e. The molecular weight excluding hydrogens is 352 g/mol. The van der Waals surface area contributed by atoms with Crippen LogP contribution in [0.25, 0.3) is 0 Å². The number of hydrogen-bond acceptors (Lipinski definition) is 3. The third-order valence-electron chi connectivity index (χ3n) is 4.18. The average Bonchev–Trinajstić information content (AvgIpc) is 2.45. The van der Waals surface area contributed by atoms with Crippen molar-refractivity contribution in [2.75, 3.05) is 0 Å². The second-order valence-electron chi connectivity index (χ2n) is 5.93. The molecule has 120 valence electrons. The van der Waals surface area contributed by atoms with Gasteiger partial charge in [-0.2, -0.15) is 0 Å². The zero-order chi connectivity index (χ0) is 16.3. The first-order chi connectivity index (χ1) is 10.3. The number of halogens is 1. The van der Waals surface area contributed by atoms with E-state index in [0.717, 1.165) is 12.8 Å². The predicted molar refractivity (Wildman–Crippen MR) is 84.5 cm³/mol. The fourth-order valence-electron chi connectivity index (χ4n) is 2.73. The van der Waals surface area contributed by atoms with Crippen LogP contribution < -0.4 is 10.9 Å². The first kappa shape index (κ1) is 16.7. The highest BCUT2D eigenvalue weighted by Gasteiger charge is 2.42. The fraction of sp³-hybridized carbons (Fsp3) is 0.533. The second kappa shape index (κ2) is 6.64. The number of aromatic nitrogens is 1. The molecule has 1 aromatic rings. The van der Waals surface area contributed by atoms with E-state index in [-0.39, 0.29) is 12.1 Å². The van der Waals surface area contributed by atoms with Crippen LogP contribution in [0.2, 0.25) is 0 Å². The van der Waals surface area contributed by atoms with Crippen LogP contribution in [0.1, 0.15) is 32.6 Å². The summed E-state index contributed by atoms with van der Waals surface area (Å²) >= 11 is 3.24. The van der Waals surface area contributed by atoms with Crippen molar-refractivity contribution in [1.29, 1.82) is 0 Å². The van der Waals surface area contributed by atoms with Gasteiger partial charge < -0.3 is 15.0 Å². The van der Waals surface area contributed by atoms with Crippen molar-refractivity contribution in [3.8, 4) is 0 Å². The number of carbonyl (C=O) groups excluding carboxylic acids is 1. The molecule has 0 unspecified atom stereocenters. The molecule has 6 nitrogen and oxygen atoms in total. The Hall–Kier alpha value is -1.63. The van der Waals surface area contributed by atoms with E-state index in [1.165, 1.54) is 16.8 Å². The van der Waals surface area contributed by atoms with E-state index in [0.29, 0.717) is 23.2 Å². The van der Waals surface area contributed by atoms with Gasteiger partial charge in [0.25, 0.3) is 5.56 Å². The van der Waals surface area contributed by atoms with E-state index in [9.17, 15) is 19.5 Å². The van der Waals surface area contributed by atoms with Crippen LogP contribution in [0.5, 0.6) is 0 Å². The number of aliphatic carboxylic acids is 1. The number of nitrogens with one attached hydrogen (secondary N) is 1. The number of carboxylic acids is 1. The number of amides is 1. The summed E-state index contributed by atoms with van der Waals surface area (Å²) in [6.07, 6.45) is 3.89. The molecule has 2 rings (SSSR count). The molecule has 1 fully saturated rings. The Labute approximate surface area is 136 Å². The Balaban J connectivity index is 2.10. The van der Waals surface area contributed by atoms with Gasteiger partial charge in [0.2, 0.25) is 5.91 Å². The van der Waals surface area contributed by atoms with Crippen molar-refractivity contribution in [3.05, 3.63) is 33.2 Å². The smallest absolute Gasteiger partial charge is 0.329 e. The average molecular weight is 371 g/mol. The van der Waals surface area contributed by atoms with Gasteiger partial charge in [-0.05, 0) is 53.6 Å². The Morgan fingerprint density at radius 1 is 1.41 bits per heavy atom. The molecule has 0 aliphatic heterocycles. The minimum Gasteiger partial charge on any atom is -0.480 e. The molecule has 7 heteroatoms. The summed E-state index contributed by atoms with van der Waals surface area (Å²) in [5.74, 6) is -0.997. The van der Waals surface area contributed by atoms with Crippen molar-refractivity contribution in [2.45, 2.75) is 44.7 Å². The van der Waals surface area contributed by atoms with Gasteiger partial charge in [0.05, 0.1) is 0 Å². The lowest BCUT2D eigenvalue weighted by Crippen LogP contribution is -2.57. The molecule has 0 atom stereocenters. The fourth-order valence-corrected chi connectivity index (χ4v) is 3.11. The third-order valence-corrected chi connectivity index (χ3v) is 4.65. The van der Waals surface area contributed by atoms with Gasteiger partial charge >= 0.3 is 5.97 Å². The van der Waals surface area contributed by atoms with Gasteiger partial charge in [0, 0.05) is 16.7 Å². The molecule has 0 saturated heterocycles. The molecule has 2 N–H and O–H groups in total. The predicted octanol–water partition coefficient (Wildman–Crippen LogP) is 1.76. The molecule has 0 aromatic carbocycles. The normalized spacial score (nSPS) is 24.7. The lowest BCUT2D eigenvalue weighted by Gasteiger charge is -2.36. The van der Waals surface area contributed by atoms with Crippen molar-refractivity contribution in [1.82, 2.24) is 9.88 Å². The van der Waals surface area contributed by atoms with Crippen molar-refractivity contribution < 1.29 is 14.7 Å². The van der Waals surface area contributed by atoms with Crippen LogP contribution in [-0.4, -0.2) is 27.1 Å². The lowest BCUT2D eigenvalue weighted by atomic mass is 9.77. The van der Waals surface area contributed by atoms with Gasteiger partial charge in [0.1, 0.15) is 12.1 Å². The molecule has 0 bridgehead atoms. The molecule has 0 radical (unpaired) electrons. The topological polar surface area (TPSA) is 88.4 Å². The maximum Gasteiger partial charge on any atom is 0.329 e. The van der Waals surface area contributed by atoms with Crippen LogP contribution in [0.3, 0.4) is 0 Å². The molecule has 1 aliphatic carbocycles. The highest BCUT2D eigenvalue weighted by atomic mass is 79.9. The Kier molecular flexibility index (Phi) is 5.05. The first-order valence-electron chi connectivity index (χ1n) is 7.23. The summed E-state index contributed by atoms with van der Waals surface area (Å²) in [5, 5.41) is 12.1. The molecule has 22 heavy (non-hydrogen) atoms. The van der Waals surface area contributed by atoms with Crippen LogP contribution in [0, 0.1) is 5.92 Å². The molecule has 1 aliphatic rings. The van der Waals surface area contributed by atoms with Gasteiger partial charge in [-0.15, -0.1) is 0 Å². The third kappa shape index (κ3) is 3.76. The van der Waals surface area contributed by atoms with Gasteiger partial charge in [-0.25, -0.2) is 4.79 Å². The van der Waals surface area contributed by atoms with Gasteiger partial charge in [-0.1, -0.05) is 6.92 Å². The van der Waals surface area contributed by atoms with E-state index in [1.54, 1.807) is 6.07 Å². The number of carbonyl (C=O) groups is 2. The number of nitrogens with zero attached hydrogens (tertiary/aromatic N) is 1. The first-order valence-corrected chi connectivity index (χ1v) is 8.02. The summed E-state index contributed by atoms with van der Waals surface area (Å²) in [4.78, 5) is 35.5. The molecule has 1 saturated carbocycles. The van der Waals surface area contributed by atoms with Crippen molar-refractivity contribution in [3.63, 3.8) is 0 Å². The maximum atomic E-state index is 12.2. The number of pyridine rings is 1. The van der Waals surface area contributed by atoms with E-state index in [2.05, 4.69) is 28.2 Å². The molecular formula is C15H19BrN2O4. The minimum atomic E-state index is -1.21. The second-order valence-corrected chi connectivity index (χ2v) is 6.85. The van der Waals surface area contributed by atoms with Crippen molar-refractivity contribution >= 4 is 27.8 Å². The van der Waals surface area contributed by atoms with Crippen molar-refractivity contribution in [2.24, 2.45) is 5.92 Å². The van der Waals surface area contributed by atoms with E-state index in [1.807, 2.05) is 0 Å². The van der Waals surface area contributed by atoms with E-state index >= 15 is 0 Å². The zero-order valence-corrected chi connectivity index (χ0v) is 13.9. The summed E-state index contributed by atoms with van der Waals surface area (Å²) in [6.45, 7) is 1.89. The number of carboxylic acid groups (broad SMARTS) is 1. The Morgan fingerprint density at radius 2 is 2.05 bits per heavy atom. The summed E-state index contributed by atoms with van der Waals surface area (Å²) in [6, 6.07) is 2.95. The monoisotopic (exact) mass is 370 g/mol. The van der Waals surface area contributed by atoms with Crippen LogP contribution >= 0.6 is 15.9 Å². The number of rotatable bonds is 4. The zero-order valence-electron chi connectivity index (χ0n) is 12.3. The number of hydrogen-bond donors (Lipinski definition) is 2. The van der Waals surface area contributed by atoms with Gasteiger partial charge in [0.15, 0.2) is 0 Å². The Bertz CT molecular complexity index is 633. The summed E-state index contributed by atoms with van der Waals surface area (Å²) < 4.78 is 1.93. The van der Waals surface area contributed by atoms with E-state index in [4.69, 9.17) is 0 Å². The van der Waals surface area contributed by atoms with Crippen LogP contribution in [-0.2, 0) is 16.1 Å².